The molecule has 2 N–H and O–H groups in total. The molecule has 2 bridgehead atoms. The van der Waals surface area contributed by atoms with Gasteiger partial charge in [0.05, 0.1) is 0 Å². The van der Waals surface area contributed by atoms with E-state index in [-0.39, 0.29) is 16.7 Å². The van der Waals surface area contributed by atoms with Gasteiger partial charge in [-0.1, -0.05) is 13.8 Å². The lowest BCUT2D eigenvalue weighted by molar-refractivity contribution is -0.143. The normalized spacial score (nSPS) is 33.1. The highest BCUT2D eigenvalue weighted by molar-refractivity contribution is 6.27. The number of fused-ring (bicyclic) bond motifs is 2. The predicted octanol–water partition coefficient (Wildman–Crippen LogP) is 2.40. The SMILES string of the molecule is CC1(C)C2CCC1(C[C@@H](NC(=O)CCl)C(=O)O)CC2. The standard InChI is InChI=1S/C14H22ClNO3/c1-13(2)9-3-5-14(13,6-4-9)7-10(12(18)19)16-11(17)8-15/h9-10H,3-8H2,1-2H3,(H,16,17)(H,18,19)/t9?,10-,14?/m1/s1. The van der Waals surface area contributed by atoms with Crippen LogP contribution in [-0.4, -0.2) is 28.9 Å². The first-order valence-electron chi connectivity index (χ1n) is 6.90. The van der Waals surface area contributed by atoms with Crippen molar-refractivity contribution in [1.29, 1.82) is 0 Å². The lowest BCUT2D eigenvalue weighted by Crippen LogP contribution is -2.46. The third-order valence-corrected chi connectivity index (χ3v) is 5.92. The Kier molecular flexibility index (Phi) is 3.83. The van der Waals surface area contributed by atoms with Gasteiger partial charge in [-0.2, -0.15) is 0 Å². The van der Waals surface area contributed by atoms with Gasteiger partial charge in [-0.15, -0.1) is 11.6 Å². The number of carbonyl (C=O) groups is 2. The fourth-order valence-corrected chi connectivity index (χ4v) is 4.34. The molecule has 0 spiro atoms. The summed E-state index contributed by atoms with van der Waals surface area (Å²) in [6, 6.07) is -0.817. The number of alkyl halides is 1. The van der Waals surface area contributed by atoms with Crippen LogP contribution in [0.1, 0.15) is 46.0 Å². The van der Waals surface area contributed by atoms with E-state index < -0.39 is 17.9 Å². The number of carboxylic acids is 1. The number of halogens is 1. The van der Waals surface area contributed by atoms with Crippen molar-refractivity contribution in [2.45, 2.75) is 52.0 Å². The Bertz CT molecular complexity index is 386. The summed E-state index contributed by atoms with van der Waals surface area (Å²) in [5, 5.41) is 11.9. The molecular formula is C14H22ClNO3. The van der Waals surface area contributed by atoms with Gasteiger partial charge >= 0.3 is 5.97 Å². The largest absolute Gasteiger partial charge is 0.480 e. The summed E-state index contributed by atoms with van der Waals surface area (Å²) in [6.45, 7) is 4.50. The Morgan fingerprint density at radius 2 is 1.95 bits per heavy atom. The second-order valence-electron chi connectivity index (χ2n) is 6.57. The minimum atomic E-state index is -0.959. The zero-order valence-electron chi connectivity index (χ0n) is 11.5. The molecule has 0 aliphatic heterocycles. The maximum absolute atomic E-state index is 11.4. The van der Waals surface area contributed by atoms with Gasteiger partial charge in [-0.3, -0.25) is 4.79 Å². The van der Waals surface area contributed by atoms with Crippen LogP contribution in [0.3, 0.4) is 0 Å². The third-order valence-electron chi connectivity index (χ3n) is 5.68. The van der Waals surface area contributed by atoms with Gasteiger partial charge in [-0.25, -0.2) is 4.79 Å². The van der Waals surface area contributed by atoms with Gasteiger partial charge < -0.3 is 10.4 Å². The number of aliphatic carboxylic acids is 1. The summed E-state index contributed by atoms with van der Waals surface area (Å²) in [5.41, 5.74) is 0.229. The first kappa shape index (κ1) is 14.6. The molecule has 2 aliphatic rings. The number of hydrogen-bond acceptors (Lipinski definition) is 2. The molecule has 0 unspecified atom stereocenters. The summed E-state index contributed by atoms with van der Waals surface area (Å²) < 4.78 is 0. The van der Waals surface area contributed by atoms with E-state index in [0.29, 0.717) is 12.3 Å². The lowest BCUT2D eigenvalue weighted by Gasteiger charge is -2.40. The quantitative estimate of drug-likeness (QED) is 0.763. The van der Waals surface area contributed by atoms with Gasteiger partial charge in [0.15, 0.2) is 0 Å². The molecule has 0 aromatic heterocycles. The topological polar surface area (TPSA) is 66.4 Å². The van der Waals surface area contributed by atoms with E-state index in [1.165, 1.54) is 12.8 Å². The van der Waals surface area contributed by atoms with Crippen molar-refractivity contribution in [2.24, 2.45) is 16.7 Å². The molecule has 2 saturated carbocycles. The first-order valence-corrected chi connectivity index (χ1v) is 7.44. The Morgan fingerprint density at radius 1 is 1.37 bits per heavy atom. The Balaban J connectivity index is 2.13. The number of carbonyl (C=O) groups excluding carboxylic acids is 1. The van der Waals surface area contributed by atoms with Crippen LogP contribution in [-0.2, 0) is 9.59 Å². The smallest absolute Gasteiger partial charge is 0.326 e. The molecule has 1 amide bonds. The van der Waals surface area contributed by atoms with Crippen LogP contribution in [0.2, 0.25) is 0 Å². The highest BCUT2D eigenvalue weighted by Crippen LogP contribution is 2.67. The monoisotopic (exact) mass is 287 g/mol. The third kappa shape index (κ3) is 2.35. The number of hydrogen-bond donors (Lipinski definition) is 2. The summed E-state index contributed by atoms with van der Waals surface area (Å²) in [4.78, 5) is 22.7. The number of carboxylic acid groups (broad SMARTS) is 1. The van der Waals surface area contributed by atoms with Crippen LogP contribution >= 0.6 is 11.6 Å². The maximum atomic E-state index is 11.4. The van der Waals surface area contributed by atoms with E-state index in [2.05, 4.69) is 19.2 Å². The minimum absolute atomic E-state index is 0.0559. The Labute approximate surface area is 118 Å². The Hall–Kier alpha value is -0.770. The minimum Gasteiger partial charge on any atom is -0.480 e. The zero-order valence-corrected chi connectivity index (χ0v) is 12.3. The van der Waals surface area contributed by atoms with Crippen LogP contribution < -0.4 is 5.32 Å². The first-order chi connectivity index (χ1) is 8.82. The zero-order chi connectivity index (χ0) is 14.3. The van der Waals surface area contributed by atoms with E-state index in [0.717, 1.165) is 12.8 Å². The van der Waals surface area contributed by atoms with Crippen LogP contribution in [0.5, 0.6) is 0 Å². The molecule has 5 heteroatoms. The molecule has 2 rings (SSSR count). The van der Waals surface area contributed by atoms with E-state index in [1.54, 1.807) is 0 Å². The molecule has 0 radical (unpaired) electrons. The fraction of sp³-hybridized carbons (Fsp3) is 0.857. The van der Waals surface area contributed by atoms with E-state index in [1.807, 2.05) is 0 Å². The summed E-state index contributed by atoms with van der Waals surface area (Å²) in [6.07, 6.45) is 5.04. The molecule has 0 saturated heterocycles. The van der Waals surface area contributed by atoms with Gasteiger partial charge in [0.1, 0.15) is 11.9 Å². The van der Waals surface area contributed by atoms with Crippen molar-refractivity contribution in [3.8, 4) is 0 Å². The summed E-state index contributed by atoms with van der Waals surface area (Å²) in [7, 11) is 0. The van der Waals surface area contributed by atoms with Gasteiger partial charge in [-0.05, 0) is 48.9 Å². The number of amides is 1. The van der Waals surface area contributed by atoms with Crippen molar-refractivity contribution in [2.75, 3.05) is 5.88 Å². The molecule has 0 aromatic rings. The van der Waals surface area contributed by atoms with Crippen molar-refractivity contribution in [1.82, 2.24) is 5.32 Å². The predicted molar refractivity (Wildman–Crippen MR) is 73.1 cm³/mol. The second kappa shape index (κ2) is 4.97. The average Bonchev–Trinajstić information content (AvgIpc) is 2.74. The maximum Gasteiger partial charge on any atom is 0.326 e. The number of rotatable bonds is 5. The summed E-state index contributed by atoms with van der Waals surface area (Å²) >= 11 is 5.45. The second-order valence-corrected chi connectivity index (χ2v) is 6.84. The molecule has 0 aromatic carbocycles. The molecule has 108 valence electrons. The molecule has 2 aliphatic carbocycles. The molecule has 2 fully saturated rings. The summed E-state index contributed by atoms with van der Waals surface area (Å²) in [5.74, 6) is -0.858. The lowest BCUT2D eigenvalue weighted by atomic mass is 9.66. The van der Waals surface area contributed by atoms with E-state index >= 15 is 0 Å². The number of nitrogens with one attached hydrogen (secondary N) is 1. The van der Waals surface area contributed by atoms with Crippen molar-refractivity contribution < 1.29 is 14.7 Å². The molecule has 1 atom stereocenters. The van der Waals surface area contributed by atoms with Crippen LogP contribution in [0, 0.1) is 16.7 Å². The van der Waals surface area contributed by atoms with E-state index in [9.17, 15) is 14.7 Å². The fourth-order valence-electron chi connectivity index (χ4n) is 4.26. The average molecular weight is 288 g/mol. The van der Waals surface area contributed by atoms with Crippen molar-refractivity contribution >= 4 is 23.5 Å². The van der Waals surface area contributed by atoms with Gasteiger partial charge in [0.25, 0.3) is 0 Å². The van der Waals surface area contributed by atoms with Gasteiger partial charge in [0, 0.05) is 0 Å². The van der Waals surface area contributed by atoms with Crippen molar-refractivity contribution in [3.63, 3.8) is 0 Å². The highest BCUT2D eigenvalue weighted by atomic mass is 35.5. The molecule has 19 heavy (non-hydrogen) atoms. The molecular weight excluding hydrogens is 266 g/mol. The highest BCUT2D eigenvalue weighted by Gasteiger charge is 2.59. The van der Waals surface area contributed by atoms with Crippen LogP contribution in [0.25, 0.3) is 0 Å². The van der Waals surface area contributed by atoms with Gasteiger partial charge in [0.2, 0.25) is 5.91 Å². The molecule has 0 heterocycles. The Morgan fingerprint density at radius 3 is 2.32 bits per heavy atom. The van der Waals surface area contributed by atoms with Crippen molar-refractivity contribution in [3.05, 3.63) is 0 Å². The van der Waals surface area contributed by atoms with E-state index in [4.69, 9.17) is 11.6 Å². The van der Waals surface area contributed by atoms with Crippen LogP contribution in [0.4, 0.5) is 0 Å². The van der Waals surface area contributed by atoms with Crippen LogP contribution in [0.15, 0.2) is 0 Å². The molecule has 4 nitrogen and oxygen atoms in total.